The van der Waals surface area contributed by atoms with Gasteiger partial charge in [-0.15, -0.1) is 0 Å². The fourth-order valence-corrected chi connectivity index (χ4v) is 4.51. The van der Waals surface area contributed by atoms with Crippen LogP contribution >= 0.6 is 0 Å². The van der Waals surface area contributed by atoms with E-state index in [9.17, 15) is 13.5 Å². The van der Waals surface area contributed by atoms with Crippen LogP contribution in [0, 0.1) is 0 Å². The van der Waals surface area contributed by atoms with Gasteiger partial charge < -0.3 is 15.2 Å². The number of benzene rings is 1. The quantitative estimate of drug-likeness (QED) is 0.846. The summed E-state index contributed by atoms with van der Waals surface area (Å²) >= 11 is 0. The zero-order valence-corrected chi connectivity index (χ0v) is 12.8. The first-order valence-electron chi connectivity index (χ1n) is 7.13. The van der Waals surface area contributed by atoms with Crippen molar-refractivity contribution in [2.45, 2.75) is 30.4 Å². The van der Waals surface area contributed by atoms with Crippen molar-refractivity contribution in [3.63, 3.8) is 0 Å². The second-order valence-electron chi connectivity index (χ2n) is 5.56. The third-order valence-corrected chi connectivity index (χ3v) is 6.02. The molecule has 0 saturated carbocycles. The molecule has 0 bridgehead atoms. The smallest absolute Gasteiger partial charge is 0.243 e. The Bertz CT molecular complexity index is 632. The van der Waals surface area contributed by atoms with Gasteiger partial charge in [0.25, 0.3) is 0 Å². The van der Waals surface area contributed by atoms with Crippen LogP contribution < -0.4 is 5.32 Å². The summed E-state index contributed by atoms with van der Waals surface area (Å²) in [4.78, 5) is 0.315. The van der Waals surface area contributed by atoms with Crippen molar-refractivity contribution in [3.05, 3.63) is 23.8 Å². The molecule has 3 rings (SSSR count). The number of hydrogen-bond acceptors (Lipinski definition) is 5. The van der Waals surface area contributed by atoms with Gasteiger partial charge in [0.05, 0.1) is 24.2 Å². The molecule has 0 aliphatic carbocycles. The first kappa shape index (κ1) is 14.8. The van der Waals surface area contributed by atoms with Crippen molar-refractivity contribution in [1.29, 1.82) is 0 Å². The third kappa shape index (κ3) is 2.66. The van der Waals surface area contributed by atoms with Crippen molar-refractivity contribution < 1.29 is 18.3 Å². The highest BCUT2D eigenvalue weighted by Crippen LogP contribution is 2.28. The highest BCUT2D eigenvalue weighted by Gasteiger charge is 2.35. The molecule has 0 radical (unpaired) electrons. The average Bonchev–Trinajstić information content (AvgIpc) is 2.95. The van der Waals surface area contributed by atoms with E-state index in [0.29, 0.717) is 11.5 Å². The molecule has 2 atom stereocenters. The van der Waals surface area contributed by atoms with Crippen molar-refractivity contribution in [1.82, 2.24) is 4.31 Å². The van der Waals surface area contributed by atoms with Crippen LogP contribution in [0.4, 0.5) is 5.69 Å². The van der Waals surface area contributed by atoms with Gasteiger partial charge in [0, 0.05) is 24.8 Å². The highest BCUT2D eigenvalue weighted by molar-refractivity contribution is 7.89. The van der Waals surface area contributed by atoms with Crippen molar-refractivity contribution in [2.24, 2.45) is 0 Å². The SMILES string of the molecule is CC1COC(CO)CN1S(=O)(=O)c1ccc2c(c1)CCN2. The Labute approximate surface area is 124 Å². The maximum atomic E-state index is 12.8. The van der Waals surface area contributed by atoms with E-state index in [1.165, 1.54) is 4.31 Å². The number of rotatable bonds is 3. The Hall–Kier alpha value is -1.15. The van der Waals surface area contributed by atoms with Crippen LogP contribution in [0.25, 0.3) is 0 Å². The van der Waals surface area contributed by atoms with Crippen LogP contribution in [0.15, 0.2) is 23.1 Å². The normalized spacial score (nSPS) is 26.4. The second kappa shape index (κ2) is 5.57. The largest absolute Gasteiger partial charge is 0.394 e. The summed E-state index contributed by atoms with van der Waals surface area (Å²) in [7, 11) is -3.56. The lowest BCUT2D eigenvalue weighted by Gasteiger charge is -2.36. The van der Waals surface area contributed by atoms with Gasteiger partial charge in [0.15, 0.2) is 0 Å². The minimum atomic E-state index is -3.56. The number of hydrogen-bond donors (Lipinski definition) is 2. The van der Waals surface area contributed by atoms with Gasteiger partial charge >= 0.3 is 0 Å². The van der Waals surface area contributed by atoms with Crippen LogP contribution in [0.3, 0.4) is 0 Å². The van der Waals surface area contributed by atoms with E-state index >= 15 is 0 Å². The summed E-state index contributed by atoms with van der Waals surface area (Å²) in [5.74, 6) is 0. The van der Waals surface area contributed by atoms with Crippen molar-refractivity contribution >= 4 is 15.7 Å². The summed E-state index contributed by atoms with van der Waals surface area (Å²) in [6.45, 7) is 2.98. The monoisotopic (exact) mass is 312 g/mol. The molecule has 2 aliphatic heterocycles. The Morgan fingerprint density at radius 2 is 2.29 bits per heavy atom. The van der Waals surface area contributed by atoms with Gasteiger partial charge in [-0.1, -0.05) is 0 Å². The molecule has 1 aromatic carbocycles. The number of nitrogens with zero attached hydrogens (tertiary/aromatic N) is 1. The minimum absolute atomic E-state index is 0.174. The molecular formula is C14H20N2O4S. The lowest BCUT2D eigenvalue weighted by molar-refractivity contribution is -0.0516. The summed E-state index contributed by atoms with van der Waals surface area (Å²) in [5.41, 5.74) is 2.05. The van der Waals surface area contributed by atoms with E-state index in [4.69, 9.17) is 4.74 Å². The average molecular weight is 312 g/mol. The van der Waals surface area contributed by atoms with Gasteiger partial charge in [-0.3, -0.25) is 0 Å². The standard InChI is InChI=1S/C14H20N2O4S/c1-10-9-20-12(8-17)7-16(10)21(18,19)13-2-3-14-11(6-13)4-5-15-14/h2-3,6,10,12,15,17H,4-5,7-9H2,1H3. The second-order valence-corrected chi connectivity index (χ2v) is 7.45. The van der Waals surface area contributed by atoms with Crippen molar-refractivity contribution in [3.8, 4) is 0 Å². The maximum absolute atomic E-state index is 12.8. The number of sulfonamides is 1. The molecular weight excluding hydrogens is 292 g/mol. The van der Waals surface area contributed by atoms with Gasteiger partial charge in [0.1, 0.15) is 0 Å². The molecule has 116 valence electrons. The topological polar surface area (TPSA) is 78.9 Å². The fraction of sp³-hybridized carbons (Fsp3) is 0.571. The highest BCUT2D eigenvalue weighted by atomic mass is 32.2. The summed E-state index contributed by atoms with van der Waals surface area (Å²) in [5, 5.41) is 12.4. The van der Waals surface area contributed by atoms with Crippen LogP contribution in [-0.4, -0.2) is 56.3 Å². The van der Waals surface area contributed by atoms with E-state index in [1.807, 2.05) is 13.0 Å². The zero-order valence-electron chi connectivity index (χ0n) is 11.9. The molecule has 0 aromatic heterocycles. The van der Waals surface area contributed by atoms with E-state index in [1.54, 1.807) is 12.1 Å². The number of morpholine rings is 1. The molecule has 0 amide bonds. The zero-order chi connectivity index (χ0) is 15.0. The number of fused-ring (bicyclic) bond motifs is 1. The lowest BCUT2D eigenvalue weighted by Crippen LogP contribution is -2.51. The molecule has 1 fully saturated rings. The molecule has 6 nitrogen and oxygen atoms in total. The number of anilines is 1. The number of aliphatic hydroxyl groups excluding tert-OH is 1. The van der Waals surface area contributed by atoms with Crippen LogP contribution in [0.1, 0.15) is 12.5 Å². The van der Waals surface area contributed by atoms with Gasteiger partial charge in [-0.25, -0.2) is 8.42 Å². The van der Waals surface area contributed by atoms with Gasteiger partial charge in [0.2, 0.25) is 10.0 Å². The van der Waals surface area contributed by atoms with Crippen LogP contribution in [-0.2, 0) is 21.2 Å². The predicted molar refractivity (Wildman–Crippen MR) is 78.8 cm³/mol. The molecule has 21 heavy (non-hydrogen) atoms. The van der Waals surface area contributed by atoms with Gasteiger partial charge in [-0.05, 0) is 37.1 Å². The predicted octanol–water partition coefficient (Wildman–Crippen LogP) is 0.425. The fourth-order valence-electron chi connectivity index (χ4n) is 2.81. The summed E-state index contributed by atoms with van der Waals surface area (Å²) in [6.07, 6.45) is 0.392. The van der Waals surface area contributed by atoms with E-state index in [-0.39, 0.29) is 19.2 Å². The van der Waals surface area contributed by atoms with E-state index < -0.39 is 16.1 Å². The maximum Gasteiger partial charge on any atom is 0.243 e. The molecule has 7 heteroatoms. The number of aliphatic hydroxyl groups is 1. The van der Waals surface area contributed by atoms with Gasteiger partial charge in [-0.2, -0.15) is 4.31 Å². The summed E-state index contributed by atoms with van der Waals surface area (Å²) in [6, 6.07) is 4.98. The van der Waals surface area contributed by atoms with Crippen molar-refractivity contribution in [2.75, 3.05) is 31.6 Å². The summed E-state index contributed by atoms with van der Waals surface area (Å²) < 4.78 is 32.5. The Morgan fingerprint density at radius 3 is 3.05 bits per heavy atom. The number of nitrogens with one attached hydrogen (secondary N) is 1. The van der Waals surface area contributed by atoms with E-state index in [2.05, 4.69) is 5.32 Å². The van der Waals surface area contributed by atoms with Crippen LogP contribution in [0.2, 0.25) is 0 Å². The van der Waals surface area contributed by atoms with Crippen LogP contribution in [0.5, 0.6) is 0 Å². The lowest BCUT2D eigenvalue weighted by atomic mass is 10.2. The molecule has 2 aliphatic rings. The Kier molecular flexibility index (Phi) is 3.92. The molecule has 1 saturated heterocycles. The molecule has 2 N–H and O–H groups in total. The Balaban J connectivity index is 1.92. The molecule has 1 aromatic rings. The molecule has 2 heterocycles. The number of ether oxygens (including phenoxy) is 1. The Morgan fingerprint density at radius 1 is 1.48 bits per heavy atom. The molecule has 2 unspecified atom stereocenters. The van der Waals surface area contributed by atoms with E-state index in [0.717, 1.165) is 24.2 Å². The minimum Gasteiger partial charge on any atom is -0.394 e. The first-order valence-corrected chi connectivity index (χ1v) is 8.57. The molecule has 0 spiro atoms. The first-order chi connectivity index (χ1) is 10.0. The third-order valence-electron chi connectivity index (χ3n) is 4.05.